The maximum atomic E-state index is 6.63. The Morgan fingerprint density at radius 1 is 0.213 bits per heavy atom. The van der Waals surface area contributed by atoms with Crippen LogP contribution in [0.4, 0.5) is 0 Å². The van der Waals surface area contributed by atoms with E-state index in [1.165, 1.54) is 9.40 Å². The summed E-state index contributed by atoms with van der Waals surface area (Å²) < 4.78 is 30.7. The molecule has 0 N–H and O–H groups in total. The normalized spacial score (nSPS) is 12.0. The summed E-state index contributed by atoms with van der Waals surface area (Å²) in [5.74, 6) is 4.24. The minimum absolute atomic E-state index is 0.503. The number of benzene rings is 12. The highest BCUT2D eigenvalue weighted by Crippen LogP contribution is 2.46. The van der Waals surface area contributed by atoms with Crippen molar-refractivity contribution in [1.82, 2.24) is 39.9 Å². The Morgan fingerprint density at radius 2 is 0.585 bits per heavy atom. The molecule has 14 heteroatoms. The molecule has 0 radical (unpaired) electrons. The number of para-hydroxylation sites is 4. The van der Waals surface area contributed by atoms with Gasteiger partial charge in [-0.3, -0.25) is 0 Å². The zero-order valence-electron chi connectivity index (χ0n) is 49.3. The second kappa shape index (κ2) is 20.6. The van der Waals surface area contributed by atoms with Crippen LogP contribution in [0.15, 0.2) is 272 Å². The summed E-state index contributed by atoms with van der Waals surface area (Å²) in [5, 5.41) is 7.94. The van der Waals surface area contributed by atoms with E-state index >= 15 is 0 Å². The second-order valence-corrected chi connectivity index (χ2v) is 25.4. The van der Waals surface area contributed by atoms with Crippen molar-refractivity contribution in [3.05, 3.63) is 255 Å². The molecule has 0 unspecified atom stereocenters. The summed E-state index contributed by atoms with van der Waals surface area (Å²) in [6.07, 6.45) is 0. The molecule has 0 spiro atoms. The molecule has 12 aromatic carbocycles. The summed E-state index contributed by atoms with van der Waals surface area (Å²) in [5.41, 5.74) is 14.6. The van der Waals surface area contributed by atoms with Gasteiger partial charge >= 0.3 is 0 Å². The van der Waals surface area contributed by atoms with Crippen LogP contribution in [0, 0.1) is 0 Å². The molecule has 8 aromatic heterocycles. The summed E-state index contributed by atoms with van der Waals surface area (Å²) in [4.78, 5) is 41.7. The summed E-state index contributed by atoms with van der Waals surface area (Å²) in [6, 6.07) is 86.3. The molecule has 0 saturated carbocycles. The fraction of sp³-hybridized carbons (Fsp3) is 0. The van der Waals surface area contributed by atoms with E-state index in [0.29, 0.717) is 80.2 Å². The number of thiophene rings is 2. The van der Waals surface area contributed by atoms with Gasteiger partial charge in [-0.25, -0.2) is 39.9 Å². The first-order valence-corrected chi connectivity index (χ1v) is 32.3. The molecule has 438 valence electrons. The second-order valence-electron chi connectivity index (χ2n) is 23.2. The van der Waals surface area contributed by atoms with Gasteiger partial charge in [-0.05, 0) is 114 Å². The van der Waals surface area contributed by atoms with Crippen molar-refractivity contribution in [2.45, 2.75) is 0 Å². The van der Waals surface area contributed by atoms with Gasteiger partial charge in [0, 0.05) is 106 Å². The molecule has 0 fully saturated rings. The molecule has 0 amide bonds. The number of fused-ring (bicyclic) bond motifs is 14. The van der Waals surface area contributed by atoms with E-state index in [-0.39, 0.29) is 0 Å². The molecule has 20 rings (SSSR count). The van der Waals surface area contributed by atoms with E-state index in [1.54, 1.807) is 22.7 Å². The quantitative estimate of drug-likeness (QED) is 0.135. The van der Waals surface area contributed by atoms with E-state index in [9.17, 15) is 0 Å². The maximum absolute atomic E-state index is 6.63. The molecule has 0 aliphatic carbocycles. The van der Waals surface area contributed by atoms with Gasteiger partial charge in [0.1, 0.15) is 33.4 Å². The lowest BCUT2D eigenvalue weighted by Gasteiger charge is -2.11. The van der Waals surface area contributed by atoms with Crippen LogP contribution >= 0.6 is 22.7 Å². The molecule has 0 aliphatic heterocycles. The first-order valence-electron chi connectivity index (χ1n) is 30.7. The van der Waals surface area contributed by atoms with Crippen molar-refractivity contribution in [2.24, 2.45) is 0 Å². The van der Waals surface area contributed by atoms with E-state index < -0.39 is 0 Å². The minimum atomic E-state index is 0.503. The highest BCUT2D eigenvalue weighted by molar-refractivity contribution is 7.26. The highest BCUT2D eigenvalue weighted by Gasteiger charge is 2.26. The van der Waals surface area contributed by atoms with E-state index in [1.807, 2.05) is 146 Å². The lowest BCUT2D eigenvalue weighted by molar-refractivity contribution is 0.620. The van der Waals surface area contributed by atoms with Gasteiger partial charge in [-0.15, -0.1) is 22.7 Å². The van der Waals surface area contributed by atoms with Crippen LogP contribution in [-0.4, -0.2) is 39.9 Å². The van der Waals surface area contributed by atoms with E-state index in [4.69, 9.17) is 57.5 Å². The molecule has 0 aliphatic rings. The van der Waals surface area contributed by atoms with Crippen molar-refractivity contribution < 1.29 is 17.7 Å². The number of oxazole rings is 2. The Hall–Kier alpha value is -12.4. The van der Waals surface area contributed by atoms with Gasteiger partial charge in [-0.2, -0.15) is 0 Å². The van der Waals surface area contributed by atoms with Gasteiger partial charge in [0.05, 0.1) is 0 Å². The van der Waals surface area contributed by atoms with Crippen LogP contribution in [0.25, 0.3) is 209 Å². The van der Waals surface area contributed by atoms with Crippen molar-refractivity contribution in [3.8, 4) is 102 Å². The zero-order valence-corrected chi connectivity index (χ0v) is 50.9. The van der Waals surface area contributed by atoms with Crippen molar-refractivity contribution >= 4 is 129 Å². The number of nitrogens with zero attached hydrogens (tertiary/aromatic N) is 8. The number of hydrogen-bond acceptors (Lipinski definition) is 14. The first-order chi connectivity index (χ1) is 46.5. The van der Waals surface area contributed by atoms with Crippen LogP contribution in [0.5, 0.6) is 0 Å². The number of furan rings is 2. The molecule has 0 bridgehead atoms. The topological polar surface area (TPSA) is 156 Å². The van der Waals surface area contributed by atoms with E-state index in [2.05, 4.69) is 109 Å². The fourth-order valence-electron chi connectivity index (χ4n) is 13.4. The Kier molecular flexibility index (Phi) is 11.5. The Morgan fingerprint density at radius 3 is 1.16 bits per heavy atom. The maximum Gasteiger partial charge on any atom is 0.228 e. The van der Waals surface area contributed by atoms with Crippen LogP contribution in [0.1, 0.15) is 0 Å². The van der Waals surface area contributed by atoms with Crippen LogP contribution in [-0.2, 0) is 0 Å². The summed E-state index contributed by atoms with van der Waals surface area (Å²) >= 11 is 3.53. The predicted molar refractivity (Wildman–Crippen MR) is 378 cm³/mol. The van der Waals surface area contributed by atoms with Gasteiger partial charge < -0.3 is 17.7 Å². The average molecular weight is 1240 g/mol. The fourth-order valence-corrected chi connectivity index (χ4v) is 15.6. The summed E-state index contributed by atoms with van der Waals surface area (Å²) in [6.45, 7) is 0. The molecule has 0 atom stereocenters. The third-order valence-corrected chi connectivity index (χ3v) is 20.0. The SMILES string of the molecule is c1ccc(-c2nc(-c3ccc4sc5ccc(-c6ccc(-c7nc(-c8cccc9sc%10ccccc%10c89)nc(-c8cccc9oc%10cccc(-c%11nc%12ccccc%12o%11)c%10c89)n7)cc6)cc5c4c3)nc(-c3cccc4oc5cccc(-c6nc7ccccc7o6)c5c34)n2)cc1. The van der Waals surface area contributed by atoms with Crippen molar-refractivity contribution in [3.63, 3.8) is 0 Å². The Labute approximate surface area is 540 Å². The third kappa shape index (κ3) is 8.37. The lowest BCUT2D eigenvalue weighted by Crippen LogP contribution is -2.01. The van der Waals surface area contributed by atoms with Gasteiger partial charge in [-0.1, -0.05) is 152 Å². The van der Waals surface area contributed by atoms with Crippen LogP contribution in [0.3, 0.4) is 0 Å². The van der Waals surface area contributed by atoms with Gasteiger partial charge in [0.2, 0.25) is 11.8 Å². The standard InChI is InChI=1S/C80H42N8O4S2/c1-2-15-44(16-3-1)73-83-75(87-77(84-73)50-18-10-27-60-69(50)71-52(21-12-29-62(71)89-60)79-81-56-23-5-7-25-58(56)91-79)47-38-40-66-55(42-47)54-41-46(37-39-65(54)93-66)43-33-35-45(36-34-43)74-85-76(49-20-14-32-67-68(49)48-17-4-9-31-64(48)94-67)88-78(86-74)51-19-11-28-61-70(51)72-53(22-13-30-63(72)90-61)80-82-57-24-6-8-26-59(57)92-80/h1-42H. The number of hydrogen-bond donors (Lipinski definition) is 0. The van der Waals surface area contributed by atoms with Crippen molar-refractivity contribution in [2.75, 3.05) is 0 Å². The molecule has 94 heavy (non-hydrogen) atoms. The van der Waals surface area contributed by atoms with E-state index in [0.717, 1.165) is 119 Å². The minimum Gasteiger partial charge on any atom is -0.456 e. The van der Waals surface area contributed by atoms with Crippen LogP contribution in [0.2, 0.25) is 0 Å². The number of rotatable bonds is 9. The highest BCUT2D eigenvalue weighted by atomic mass is 32.1. The van der Waals surface area contributed by atoms with Crippen LogP contribution < -0.4 is 0 Å². The largest absolute Gasteiger partial charge is 0.456 e. The van der Waals surface area contributed by atoms with Gasteiger partial charge in [0.15, 0.2) is 46.1 Å². The lowest BCUT2D eigenvalue weighted by atomic mass is 10.00. The molecule has 12 nitrogen and oxygen atoms in total. The zero-order chi connectivity index (χ0) is 61.5. The predicted octanol–water partition coefficient (Wildman–Crippen LogP) is 21.9. The molecular weight excluding hydrogens is 1200 g/mol. The Balaban J connectivity index is 0.702. The number of aromatic nitrogens is 8. The van der Waals surface area contributed by atoms with Gasteiger partial charge in [0.25, 0.3) is 0 Å². The average Bonchev–Trinajstić information content (AvgIpc) is 1.48. The third-order valence-electron chi connectivity index (χ3n) is 17.7. The molecular formula is C80H42N8O4S2. The first kappa shape index (κ1) is 52.4. The summed E-state index contributed by atoms with van der Waals surface area (Å²) in [7, 11) is 0. The smallest absolute Gasteiger partial charge is 0.228 e. The van der Waals surface area contributed by atoms with Crippen molar-refractivity contribution in [1.29, 1.82) is 0 Å². The molecule has 8 heterocycles. The Bertz CT molecular complexity index is 6450. The monoisotopic (exact) mass is 1240 g/mol. The molecule has 20 aromatic rings. The molecule has 0 saturated heterocycles.